The highest BCUT2D eigenvalue weighted by atomic mass is 19.4. The third-order valence-corrected chi connectivity index (χ3v) is 2.77. The first-order valence-corrected chi connectivity index (χ1v) is 5.56. The predicted molar refractivity (Wildman–Crippen MR) is 60.7 cm³/mol. The first kappa shape index (κ1) is 12.7. The van der Waals surface area contributed by atoms with Crippen molar-refractivity contribution in [1.82, 2.24) is 0 Å². The molecule has 1 aromatic rings. The van der Waals surface area contributed by atoms with E-state index in [1.807, 2.05) is 0 Å². The van der Waals surface area contributed by atoms with Gasteiger partial charge >= 0.3 is 6.18 Å². The Morgan fingerprint density at radius 3 is 2.56 bits per heavy atom. The Morgan fingerprint density at radius 1 is 1.39 bits per heavy atom. The number of amidine groups is 1. The lowest BCUT2D eigenvalue weighted by atomic mass is 10.1. The van der Waals surface area contributed by atoms with Gasteiger partial charge in [-0.15, -0.1) is 0 Å². The lowest BCUT2D eigenvalue weighted by Crippen LogP contribution is -2.15. The summed E-state index contributed by atoms with van der Waals surface area (Å²) in [4.78, 5) is 0. The normalized spacial score (nSPS) is 15.5. The molecule has 18 heavy (non-hydrogen) atoms. The van der Waals surface area contributed by atoms with Crippen LogP contribution < -0.4 is 10.5 Å². The summed E-state index contributed by atoms with van der Waals surface area (Å²) in [6.45, 7) is 0.308. The van der Waals surface area contributed by atoms with Crippen molar-refractivity contribution in [3.63, 3.8) is 0 Å². The minimum atomic E-state index is -4.51. The van der Waals surface area contributed by atoms with Gasteiger partial charge in [-0.1, -0.05) is 0 Å². The van der Waals surface area contributed by atoms with Crippen LogP contribution in [0.15, 0.2) is 18.2 Å². The number of nitrogen functional groups attached to an aromatic ring is 1. The molecule has 0 aliphatic heterocycles. The molecule has 0 aromatic heterocycles. The van der Waals surface area contributed by atoms with E-state index in [-0.39, 0.29) is 11.3 Å². The summed E-state index contributed by atoms with van der Waals surface area (Å²) >= 11 is 0. The summed E-state index contributed by atoms with van der Waals surface area (Å²) in [5.74, 6) is -0.216. The van der Waals surface area contributed by atoms with E-state index in [9.17, 15) is 13.2 Å². The molecule has 1 aliphatic rings. The molecule has 2 rings (SSSR count). The highest BCUT2D eigenvalue weighted by Crippen LogP contribution is 2.38. The summed E-state index contributed by atoms with van der Waals surface area (Å²) in [5.41, 5.74) is 4.35. The van der Waals surface area contributed by atoms with Crippen LogP contribution in [0.3, 0.4) is 0 Å². The lowest BCUT2D eigenvalue weighted by Gasteiger charge is -2.15. The van der Waals surface area contributed by atoms with E-state index in [0.717, 1.165) is 18.9 Å². The summed E-state index contributed by atoms with van der Waals surface area (Å²) in [6, 6.07) is 3.44. The number of nitrogens with two attached hydrogens (primary N) is 1. The Balaban J connectivity index is 2.28. The van der Waals surface area contributed by atoms with E-state index in [1.54, 1.807) is 0 Å². The van der Waals surface area contributed by atoms with Gasteiger partial charge in [-0.3, -0.25) is 5.41 Å². The van der Waals surface area contributed by atoms with Crippen molar-refractivity contribution in [3.8, 4) is 5.75 Å². The number of halogens is 3. The summed E-state index contributed by atoms with van der Waals surface area (Å²) in [6.07, 6.45) is -2.50. The second-order valence-corrected chi connectivity index (χ2v) is 4.38. The fraction of sp³-hybridized carbons (Fsp3) is 0.417. The molecule has 0 heterocycles. The van der Waals surface area contributed by atoms with E-state index in [2.05, 4.69) is 0 Å². The van der Waals surface area contributed by atoms with Crippen LogP contribution in [0.1, 0.15) is 24.0 Å². The molecule has 0 bridgehead atoms. The molecule has 1 saturated carbocycles. The molecule has 0 atom stereocenters. The Bertz CT molecular complexity index is 467. The highest BCUT2D eigenvalue weighted by molar-refractivity contribution is 5.95. The maximum absolute atomic E-state index is 12.8. The Labute approximate surface area is 102 Å². The summed E-state index contributed by atoms with van der Waals surface area (Å²) in [5, 5.41) is 7.16. The molecule has 3 nitrogen and oxygen atoms in total. The number of benzene rings is 1. The second-order valence-electron chi connectivity index (χ2n) is 4.38. The Kier molecular flexibility index (Phi) is 3.19. The van der Waals surface area contributed by atoms with Crippen molar-refractivity contribution in [1.29, 1.82) is 5.41 Å². The predicted octanol–water partition coefficient (Wildman–Crippen LogP) is 2.78. The van der Waals surface area contributed by atoms with Gasteiger partial charge in [0.25, 0.3) is 0 Å². The van der Waals surface area contributed by atoms with Gasteiger partial charge < -0.3 is 10.5 Å². The van der Waals surface area contributed by atoms with Crippen LogP contribution in [0.5, 0.6) is 5.75 Å². The zero-order valence-electron chi connectivity index (χ0n) is 9.55. The number of ether oxygens (including phenoxy) is 1. The van der Waals surface area contributed by atoms with Gasteiger partial charge in [0.1, 0.15) is 11.6 Å². The van der Waals surface area contributed by atoms with E-state index < -0.39 is 17.6 Å². The molecule has 98 valence electrons. The van der Waals surface area contributed by atoms with Gasteiger partial charge in [0, 0.05) is 5.56 Å². The molecule has 0 spiro atoms. The maximum atomic E-state index is 12.8. The van der Waals surface area contributed by atoms with Crippen LogP contribution in [-0.4, -0.2) is 12.4 Å². The zero-order valence-corrected chi connectivity index (χ0v) is 9.55. The van der Waals surface area contributed by atoms with Crippen molar-refractivity contribution < 1.29 is 17.9 Å². The van der Waals surface area contributed by atoms with E-state index in [4.69, 9.17) is 15.9 Å². The third kappa shape index (κ3) is 2.94. The number of hydrogen-bond donors (Lipinski definition) is 2. The molecule has 1 aromatic carbocycles. The topological polar surface area (TPSA) is 59.1 Å². The van der Waals surface area contributed by atoms with Crippen LogP contribution in [-0.2, 0) is 6.18 Å². The number of alkyl halides is 3. The lowest BCUT2D eigenvalue weighted by molar-refractivity contribution is -0.139. The van der Waals surface area contributed by atoms with Gasteiger partial charge in [-0.25, -0.2) is 0 Å². The number of nitrogens with one attached hydrogen (secondary N) is 1. The standard InChI is InChI=1S/C12H13F3N2O/c13-12(14,15)9-5-8(11(16)17)3-4-10(9)18-6-7-1-2-7/h3-5,7H,1-2,6H2,(H3,16,17). The Morgan fingerprint density at radius 2 is 2.06 bits per heavy atom. The third-order valence-electron chi connectivity index (χ3n) is 2.77. The SMILES string of the molecule is N=C(N)c1ccc(OCC2CC2)c(C(F)(F)F)c1. The molecule has 0 amide bonds. The van der Waals surface area contributed by atoms with Gasteiger partial charge in [-0.05, 0) is 37.0 Å². The first-order chi connectivity index (χ1) is 8.38. The summed E-state index contributed by atoms with van der Waals surface area (Å²) in [7, 11) is 0. The minimum absolute atomic E-state index is 0.0427. The van der Waals surface area contributed by atoms with E-state index in [0.29, 0.717) is 12.5 Å². The molecule has 0 saturated heterocycles. The number of hydrogen-bond acceptors (Lipinski definition) is 2. The maximum Gasteiger partial charge on any atom is 0.419 e. The van der Waals surface area contributed by atoms with E-state index in [1.165, 1.54) is 12.1 Å². The van der Waals surface area contributed by atoms with Crippen LogP contribution in [0, 0.1) is 11.3 Å². The minimum Gasteiger partial charge on any atom is -0.493 e. The van der Waals surface area contributed by atoms with Crippen molar-refractivity contribution in [2.24, 2.45) is 11.7 Å². The highest BCUT2D eigenvalue weighted by Gasteiger charge is 2.35. The monoisotopic (exact) mass is 258 g/mol. The number of rotatable bonds is 4. The smallest absolute Gasteiger partial charge is 0.419 e. The largest absolute Gasteiger partial charge is 0.493 e. The average molecular weight is 258 g/mol. The van der Waals surface area contributed by atoms with Crippen LogP contribution in [0.2, 0.25) is 0 Å². The molecule has 0 unspecified atom stereocenters. The summed E-state index contributed by atoms with van der Waals surface area (Å²) < 4.78 is 43.7. The van der Waals surface area contributed by atoms with Crippen LogP contribution in [0.25, 0.3) is 0 Å². The van der Waals surface area contributed by atoms with Gasteiger partial charge in [0.2, 0.25) is 0 Å². The zero-order chi connectivity index (χ0) is 13.3. The van der Waals surface area contributed by atoms with Crippen molar-refractivity contribution in [3.05, 3.63) is 29.3 Å². The van der Waals surface area contributed by atoms with Crippen molar-refractivity contribution in [2.75, 3.05) is 6.61 Å². The van der Waals surface area contributed by atoms with Crippen molar-refractivity contribution in [2.45, 2.75) is 19.0 Å². The quantitative estimate of drug-likeness (QED) is 0.644. The molecular formula is C12H13F3N2O. The van der Waals surface area contributed by atoms with Crippen molar-refractivity contribution >= 4 is 5.84 Å². The molecular weight excluding hydrogens is 245 g/mol. The van der Waals surface area contributed by atoms with Gasteiger partial charge in [0.15, 0.2) is 0 Å². The van der Waals surface area contributed by atoms with E-state index >= 15 is 0 Å². The fourth-order valence-corrected chi connectivity index (χ4v) is 1.54. The molecule has 0 radical (unpaired) electrons. The second kappa shape index (κ2) is 4.51. The Hall–Kier alpha value is -1.72. The van der Waals surface area contributed by atoms with Gasteiger partial charge in [0.05, 0.1) is 12.2 Å². The van der Waals surface area contributed by atoms with Gasteiger partial charge in [-0.2, -0.15) is 13.2 Å². The molecule has 6 heteroatoms. The van der Waals surface area contributed by atoms with Crippen LogP contribution in [0.4, 0.5) is 13.2 Å². The first-order valence-electron chi connectivity index (χ1n) is 5.56. The average Bonchev–Trinajstić information content (AvgIpc) is 3.08. The molecule has 1 aliphatic carbocycles. The fourth-order valence-electron chi connectivity index (χ4n) is 1.54. The molecule has 3 N–H and O–H groups in total. The van der Waals surface area contributed by atoms with Crippen LogP contribution >= 0.6 is 0 Å². The molecule has 1 fully saturated rings.